The normalized spacial score (nSPS) is 26.2. The average molecular weight is 401 g/mol. The molecule has 0 unspecified atom stereocenters. The number of para-hydroxylation sites is 3. The summed E-state index contributed by atoms with van der Waals surface area (Å²) >= 11 is 0. The smallest absolute Gasteiger partial charge is 0.244 e. The monoisotopic (exact) mass is 401 g/mol. The Morgan fingerprint density at radius 2 is 1.57 bits per heavy atom. The molecule has 0 aromatic heterocycles. The lowest BCUT2D eigenvalue weighted by molar-refractivity contribution is -0.143. The van der Waals surface area contributed by atoms with Crippen molar-refractivity contribution in [3.05, 3.63) is 66.7 Å². The van der Waals surface area contributed by atoms with Crippen molar-refractivity contribution in [3.8, 4) is 0 Å². The Bertz CT molecular complexity index is 1020. The third kappa shape index (κ3) is 2.91. The number of hydrogen-bond acceptors (Lipinski definition) is 4. The van der Waals surface area contributed by atoms with E-state index in [1.807, 2.05) is 66.5 Å². The summed E-state index contributed by atoms with van der Waals surface area (Å²) in [7, 11) is 1.93. The first-order valence-electron chi connectivity index (χ1n) is 10.3. The van der Waals surface area contributed by atoms with Crippen molar-refractivity contribution in [1.29, 1.82) is 0 Å². The predicted molar refractivity (Wildman–Crippen MR) is 114 cm³/mol. The van der Waals surface area contributed by atoms with Crippen LogP contribution in [-0.2, 0) is 14.4 Å². The topological polar surface area (TPSA) is 69.7 Å². The lowest BCUT2D eigenvalue weighted by atomic mass is 9.85. The van der Waals surface area contributed by atoms with Crippen LogP contribution in [0, 0.1) is 23.7 Å². The number of imide groups is 1. The second-order valence-corrected chi connectivity index (χ2v) is 8.22. The van der Waals surface area contributed by atoms with Gasteiger partial charge in [0.1, 0.15) is 6.54 Å². The number of likely N-dealkylation sites (tertiary alicyclic amines) is 1. The van der Waals surface area contributed by atoms with E-state index in [4.69, 9.17) is 0 Å². The Hall–Kier alpha value is -3.41. The van der Waals surface area contributed by atoms with Gasteiger partial charge in [-0.25, -0.2) is 0 Å². The lowest BCUT2D eigenvalue weighted by Crippen LogP contribution is -2.39. The molecule has 2 aromatic carbocycles. The average Bonchev–Trinajstić information content (AvgIpc) is 3.44. The van der Waals surface area contributed by atoms with Crippen LogP contribution in [0.5, 0.6) is 0 Å². The van der Waals surface area contributed by atoms with Gasteiger partial charge in [-0.3, -0.25) is 19.3 Å². The van der Waals surface area contributed by atoms with Gasteiger partial charge in [-0.1, -0.05) is 42.5 Å². The van der Waals surface area contributed by atoms with Gasteiger partial charge < -0.3 is 10.2 Å². The lowest BCUT2D eigenvalue weighted by Gasteiger charge is -2.23. The predicted octanol–water partition coefficient (Wildman–Crippen LogP) is 3.20. The minimum absolute atomic E-state index is 0.143. The van der Waals surface area contributed by atoms with Crippen LogP contribution in [0.2, 0.25) is 0 Å². The number of hydrogen-bond donors (Lipinski definition) is 1. The fraction of sp³-hybridized carbons (Fsp3) is 0.292. The molecule has 6 heteroatoms. The molecule has 3 aliphatic rings. The number of fused-ring (bicyclic) bond motifs is 5. The zero-order valence-corrected chi connectivity index (χ0v) is 16.7. The number of allylic oxidation sites excluding steroid dienone is 2. The number of rotatable bonds is 5. The number of benzene rings is 2. The minimum atomic E-state index is -0.370. The summed E-state index contributed by atoms with van der Waals surface area (Å²) in [6.45, 7) is -0.243. The zero-order valence-electron chi connectivity index (χ0n) is 16.7. The Kier molecular flexibility index (Phi) is 4.42. The maximum absolute atomic E-state index is 12.8. The van der Waals surface area contributed by atoms with Crippen LogP contribution in [-0.4, -0.2) is 36.2 Å². The third-order valence-electron chi connectivity index (χ3n) is 6.55. The van der Waals surface area contributed by atoms with Crippen LogP contribution in [0.4, 0.5) is 17.1 Å². The summed E-state index contributed by atoms with van der Waals surface area (Å²) in [6.07, 6.45) is 4.98. The van der Waals surface area contributed by atoms with E-state index in [1.54, 1.807) is 0 Å². The maximum Gasteiger partial charge on any atom is 0.244 e. The standard InChI is InChI=1S/C24H23N3O3/c1-26(17-7-3-2-4-8-17)19-10-6-5-9-18(19)25-20(28)14-27-23(29)21-15-11-12-16(13-15)22(21)24(27)30/h2-12,15-16,21-22H,13-14H2,1H3,(H,25,28)/t15-,16+,21-,22+. The fourth-order valence-corrected chi connectivity index (χ4v) is 5.12. The fourth-order valence-electron chi connectivity index (χ4n) is 5.12. The van der Waals surface area contributed by atoms with Crippen LogP contribution in [0.15, 0.2) is 66.7 Å². The highest BCUT2D eigenvalue weighted by molar-refractivity contribution is 6.10. The van der Waals surface area contributed by atoms with E-state index in [2.05, 4.69) is 17.5 Å². The first-order chi connectivity index (χ1) is 14.5. The maximum atomic E-state index is 12.8. The summed E-state index contributed by atoms with van der Waals surface area (Å²) in [5, 5.41) is 2.89. The van der Waals surface area contributed by atoms with Gasteiger partial charge in [0.05, 0.1) is 23.2 Å². The first-order valence-corrected chi connectivity index (χ1v) is 10.3. The van der Waals surface area contributed by atoms with Crippen molar-refractivity contribution in [2.45, 2.75) is 6.42 Å². The van der Waals surface area contributed by atoms with Crippen molar-refractivity contribution < 1.29 is 14.4 Å². The molecule has 2 aliphatic carbocycles. The van der Waals surface area contributed by atoms with Crippen LogP contribution in [0.25, 0.3) is 0 Å². The molecule has 1 heterocycles. The van der Waals surface area contributed by atoms with Crippen molar-refractivity contribution in [2.75, 3.05) is 23.8 Å². The molecule has 1 aliphatic heterocycles. The summed E-state index contributed by atoms with van der Waals surface area (Å²) < 4.78 is 0. The van der Waals surface area contributed by atoms with Gasteiger partial charge in [0.2, 0.25) is 17.7 Å². The molecule has 2 bridgehead atoms. The van der Waals surface area contributed by atoms with Crippen LogP contribution < -0.4 is 10.2 Å². The molecule has 1 N–H and O–H groups in total. The van der Waals surface area contributed by atoms with E-state index in [-0.39, 0.29) is 47.9 Å². The molecule has 152 valence electrons. The van der Waals surface area contributed by atoms with E-state index in [9.17, 15) is 14.4 Å². The molecule has 30 heavy (non-hydrogen) atoms. The highest BCUT2D eigenvalue weighted by Gasteiger charge is 2.59. The summed E-state index contributed by atoms with van der Waals surface area (Å²) in [4.78, 5) is 41.5. The molecule has 0 spiro atoms. The highest BCUT2D eigenvalue weighted by atomic mass is 16.2. The van der Waals surface area contributed by atoms with Crippen LogP contribution in [0.3, 0.4) is 0 Å². The first kappa shape index (κ1) is 18.6. The van der Waals surface area contributed by atoms with Gasteiger partial charge in [-0.2, -0.15) is 0 Å². The van der Waals surface area contributed by atoms with Gasteiger partial charge in [-0.05, 0) is 42.5 Å². The number of carbonyl (C=O) groups excluding carboxylic acids is 3. The molecule has 0 radical (unpaired) electrons. The van der Waals surface area contributed by atoms with Crippen LogP contribution >= 0.6 is 0 Å². The van der Waals surface area contributed by atoms with E-state index < -0.39 is 0 Å². The number of carbonyl (C=O) groups is 3. The zero-order chi connectivity index (χ0) is 20.8. The van der Waals surface area contributed by atoms with Gasteiger partial charge >= 0.3 is 0 Å². The van der Waals surface area contributed by atoms with Crippen molar-refractivity contribution in [2.24, 2.45) is 23.7 Å². The van der Waals surface area contributed by atoms with Crippen LogP contribution in [0.1, 0.15) is 6.42 Å². The number of nitrogens with zero attached hydrogens (tertiary/aromatic N) is 2. The molecule has 3 amide bonds. The van der Waals surface area contributed by atoms with Crippen molar-refractivity contribution in [3.63, 3.8) is 0 Å². The van der Waals surface area contributed by atoms with Gasteiger partial charge in [0, 0.05) is 12.7 Å². The molecule has 1 saturated carbocycles. The Labute approximate surface area is 175 Å². The van der Waals surface area contributed by atoms with E-state index in [1.165, 1.54) is 0 Å². The second kappa shape index (κ2) is 7.13. The molecule has 1 saturated heterocycles. The van der Waals surface area contributed by atoms with Gasteiger partial charge in [-0.15, -0.1) is 0 Å². The SMILES string of the molecule is CN(c1ccccc1)c1ccccc1NC(=O)CN1C(=O)[C@@H]2[C@H](C1=O)[C@@H]1C=C[C@H]2C1. The Balaban J connectivity index is 1.31. The largest absolute Gasteiger partial charge is 0.343 e. The highest BCUT2D eigenvalue weighted by Crippen LogP contribution is 2.52. The molecule has 2 fully saturated rings. The van der Waals surface area contributed by atoms with E-state index >= 15 is 0 Å². The van der Waals surface area contributed by atoms with Gasteiger partial charge in [0.25, 0.3) is 0 Å². The quantitative estimate of drug-likeness (QED) is 0.617. The molecular formula is C24H23N3O3. The summed E-state index contributed by atoms with van der Waals surface area (Å²) in [5.41, 5.74) is 2.45. The van der Waals surface area contributed by atoms with Crippen molar-refractivity contribution >= 4 is 34.8 Å². The number of amides is 3. The Morgan fingerprint density at radius 1 is 0.967 bits per heavy atom. The number of nitrogens with one attached hydrogen (secondary N) is 1. The van der Waals surface area contributed by atoms with Gasteiger partial charge in [0.15, 0.2) is 0 Å². The molecule has 5 rings (SSSR count). The Morgan fingerprint density at radius 3 is 2.23 bits per heavy atom. The molecule has 2 aromatic rings. The number of anilines is 3. The third-order valence-corrected chi connectivity index (χ3v) is 6.55. The van der Waals surface area contributed by atoms with Crippen molar-refractivity contribution in [1.82, 2.24) is 4.90 Å². The minimum Gasteiger partial charge on any atom is -0.343 e. The second-order valence-electron chi connectivity index (χ2n) is 8.22. The summed E-state index contributed by atoms with van der Waals surface area (Å²) in [6, 6.07) is 17.3. The van der Waals surface area contributed by atoms with E-state index in [0.29, 0.717) is 5.69 Å². The molecule has 6 nitrogen and oxygen atoms in total. The summed E-state index contributed by atoms with van der Waals surface area (Å²) in [5.74, 6) is -1.05. The molecular weight excluding hydrogens is 378 g/mol. The van der Waals surface area contributed by atoms with E-state index in [0.717, 1.165) is 22.7 Å². The molecule has 4 atom stereocenters.